The molecule has 1 unspecified atom stereocenters. The third kappa shape index (κ3) is 3.96. The van der Waals surface area contributed by atoms with Crippen molar-refractivity contribution in [3.05, 3.63) is 0 Å². The molecule has 0 aromatic heterocycles. The lowest BCUT2D eigenvalue weighted by molar-refractivity contribution is -0.155. The Balaban J connectivity index is 2.52. The van der Waals surface area contributed by atoms with Crippen molar-refractivity contribution in [2.75, 3.05) is 46.9 Å². The molecular weight excluding hydrogens is 234 g/mol. The van der Waals surface area contributed by atoms with Crippen molar-refractivity contribution in [2.24, 2.45) is 0 Å². The standard InChI is InChI=1S/C12H23N3O3/c1-4-5-13-10(9-18-3)8-15-7-6-14(2)11(16)12(15)17/h10,13H,4-9H2,1-3H3. The van der Waals surface area contributed by atoms with Crippen molar-refractivity contribution in [1.29, 1.82) is 0 Å². The molecule has 1 aliphatic rings. The first kappa shape index (κ1) is 14.9. The average molecular weight is 257 g/mol. The Hall–Kier alpha value is -1.14. The van der Waals surface area contributed by atoms with Gasteiger partial charge in [0.2, 0.25) is 0 Å². The van der Waals surface area contributed by atoms with Gasteiger partial charge in [-0.3, -0.25) is 9.59 Å². The van der Waals surface area contributed by atoms with Crippen molar-refractivity contribution in [3.8, 4) is 0 Å². The minimum Gasteiger partial charge on any atom is -0.383 e. The fourth-order valence-corrected chi connectivity index (χ4v) is 1.94. The molecule has 1 atom stereocenters. The summed E-state index contributed by atoms with van der Waals surface area (Å²) in [5.41, 5.74) is 0. The molecule has 6 heteroatoms. The average Bonchev–Trinajstić information content (AvgIpc) is 2.36. The molecule has 1 aliphatic heterocycles. The van der Waals surface area contributed by atoms with Crippen molar-refractivity contribution in [2.45, 2.75) is 19.4 Å². The van der Waals surface area contributed by atoms with Crippen LogP contribution < -0.4 is 5.32 Å². The maximum absolute atomic E-state index is 11.8. The van der Waals surface area contributed by atoms with E-state index in [1.54, 1.807) is 19.1 Å². The molecule has 0 aromatic carbocycles. The Labute approximate surface area is 108 Å². The summed E-state index contributed by atoms with van der Waals surface area (Å²) in [5, 5.41) is 3.32. The van der Waals surface area contributed by atoms with Gasteiger partial charge < -0.3 is 19.9 Å². The molecule has 6 nitrogen and oxygen atoms in total. The number of methoxy groups -OCH3 is 1. The first-order valence-electron chi connectivity index (χ1n) is 6.36. The van der Waals surface area contributed by atoms with E-state index in [1.807, 2.05) is 0 Å². The van der Waals surface area contributed by atoms with Crippen LogP contribution in [0.3, 0.4) is 0 Å². The first-order valence-corrected chi connectivity index (χ1v) is 6.36. The smallest absolute Gasteiger partial charge is 0.312 e. The van der Waals surface area contributed by atoms with Gasteiger partial charge in [0, 0.05) is 39.8 Å². The molecule has 2 amide bonds. The molecule has 0 aromatic rings. The summed E-state index contributed by atoms with van der Waals surface area (Å²) in [4.78, 5) is 26.5. The lowest BCUT2D eigenvalue weighted by atomic mass is 10.2. The number of rotatable bonds is 7. The Morgan fingerprint density at radius 3 is 2.67 bits per heavy atom. The van der Waals surface area contributed by atoms with Crippen LogP contribution in [0.15, 0.2) is 0 Å². The van der Waals surface area contributed by atoms with Crippen molar-refractivity contribution >= 4 is 11.8 Å². The predicted octanol–water partition coefficient (Wildman–Crippen LogP) is -0.698. The van der Waals surface area contributed by atoms with E-state index in [4.69, 9.17) is 4.74 Å². The van der Waals surface area contributed by atoms with Gasteiger partial charge in [0.15, 0.2) is 0 Å². The topological polar surface area (TPSA) is 61.9 Å². The van der Waals surface area contributed by atoms with Crippen molar-refractivity contribution in [3.63, 3.8) is 0 Å². The van der Waals surface area contributed by atoms with Crippen LogP contribution in [-0.2, 0) is 14.3 Å². The molecule has 0 spiro atoms. The second-order valence-corrected chi connectivity index (χ2v) is 4.58. The molecular formula is C12H23N3O3. The number of hydrogen-bond donors (Lipinski definition) is 1. The Bertz CT molecular complexity index is 296. The van der Waals surface area contributed by atoms with Crippen LogP contribution in [0, 0.1) is 0 Å². The predicted molar refractivity (Wildman–Crippen MR) is 68.2 cm³/mol. The number of hydrogen-bond acceptors (Lipinski definition) is 4. The molecule has 1 saturated heterocycles. The van der Waals surface area contributed by atoms with E-state index >= 15 is 0 Å². The van der Waals surface area contributed by atoms with Gasteiger partial charge in [-0.05, 0) is 13.0 Å². The minimum atomic E-state index is -0.423. The second-order valence-electron chi connectivity index (χ2n) is 4.58. The zero-order chi connectivity index (χ0) is 13.5. The lowest BCUT2D eigenvalue weighted by Gasteiger charge is -2.34. The van der Waals surface area contributed by atoms with Gasteiger partial charge in [0.05, 0.1) is 6.61 Å². The highest BCUT2D eigenvalue weighted by Gasteiger charge is 2.31. The van der Waals surface area contributed by atoms with Gasteiger partial charge in [-0.25, -0.2) is 0 Å². The summed E-state index contributed by atoms with van der Waals surface area (Å²) in [7, 11) is 3.29. The molecule has 1 heterocycles. The van der Waals surface area contributed by atoms with E-state index in [2.05, 4.69) is 12.2 Å². The number of likely N-dealkylation sites (N-methyl/N-ethyl adjacent to an activating group) is 1. The first-order chi connectivity index (χ1) is 8.60. The number of nitrogens with one attached hydrogen (secondary N) is 1. The van der Waals surface area contributed by atoms with E-state index in [0.717, 1.165) is 13.0 Å². The summed E-state index contributed by atoms with van der Waals surface area (Å²) in [5.74, 6) is -0.837. The molecule has 18 heavy (non-hydrogen) atoms. The molecule has 0 radical (unpaired) electrons. The fraction of sp³-hybridized carbons (Fsp3) is 0.833. The van der Waals surface area contributed by atoms with E-state index in [1.165, 1.54) is 4.90 Å². The van der Waals surface area contributed by atoms with Gasteiger partial charge in [-0.1, -0.05) is 6.92 Å². The fourth-order valence-electron chi connectivity index (χ4n) is 1.94. The number of piperazine rings is 1. The number of carbonyl (C=O) groups is 2. The Morgan fingerprint density at radius 1 is 1.33 bits per heavy atom. The largest absolute Gasteiger partial charge is 0.383 e. The van der Waals surface area contributed by atoms with E-state index in [-0.39, 0.29) is 6.04 Å². The third-order valence-corrected chi connectivity index (χ3v) is 3.01. The number of carbonyl (C=O) groups excluding carboxylic acids is 2. The van der Waals surface area contributed by atoms with Gasteiger partial charge in [0.1, 0.15) is 0 Å². The van der Waals surface area contributed by atoms with Crippen LogP contribution in [0.4, 0.5) is 0 Å². The summed E-state index contributed by atoms with van der Waals surface area (Å²) < 4.78 is 5.13. The molecule has 0 bridgehead atoms. The zero-order valence-electron chi connectivity index (χ0n) is 11.4. The van der Waals surface area contributed by atoms with Crippen LogP contribution in [0.5, 0.6) is 0 Å². The van der Waals surface area contributed by atoms with Crippen LogP contribution >= 0.6 is 0 Å². The van der Waals surface area contributed by atoms with E-state index in [9.17, 15) is 9.59 Å². The molecule has 0 aliphatic carbocycles. The summed E-state index contributed by atoms with van der Waals surface area (Å²) in [6, 6.07) is 0.0788. The number of amides is 2. The van der Waals surface area contributed by atoms with Crippen LogP contribution in [0.2, 0.25) is 0 Å². The highest BCUT2D eigenvalue weighted by molar-refractivity contribution is 6.35. The van der Waals surface area contributed by atoms with Crippen LogP contribution in [0.25, 0.3) is 0 Å². The van der Waals surface area contributed by atoms with Crippen molar-refractivity contribution < 1.29 is 14.3 Å². The molecule has 1 N–H and O–H groups in total. The molecule has 104 valence electrons. The van der Waals surface area contributed by atoms with Gasteiger partial charge in [0.25, 0.3) is 0 Å². The van der Waals surface area contributed by atoms with E-state index in [0.29, 0.717) is 26.2 Å². The normalized spacial score (nSPS) is 18.4. The lowest BCUT2D eigenvalue weighted by Crippen LogP contribution is -2.56. The monoisotopic (exact) mass is 257 g/mol. The van der Waals surface area contributed by atoms with Crippen LogP contribution in [-0.4, -0.2) is 74.6 Å². The number of nitrogens with zero attached hydrogens (tertiary/aromatic N) is 2. The SMILES string of the molecule is CCCNC(COC)CN1CCN(C)C(=O)C1=O. The number of ether oxygens (including phenoxy) is 1. The Morgan fingerprint density at radius 2 is 2.06 bits per heavy atom. The van der Waals surface area contributed by atoms with Gasteiger partial charge >= 0.3 is 11.8 Å². The Kier molecular flexibility index (Phi) is 6.07. The van der Waals surface area contributed by atoms with Crippen molar-refractivity contribution in [1.82, 2.24) is 15.1 Å². The maximum Gasteiger partial charge on any atom is 0.312 e. The third-order valence-electron chi connectivity index (χ3n) is 3.01. The quantitative estimate of drug-likeness (QED) is 0.613. The molecule has 1 rings (SSSR count). The van der Waals surface area contributed by atoms with Gasteiger partial charge in [-0.15, -0.1) is 0 Å². The second kappa shape index (κ2) is 7.33. The zero-order valence-corrected chi connectivity index (χ0v) is 11.4. The molecule has 1 fully saturated rings. The highest BCUT2D eigenvalue weighted by Crippen LogP contribution is 2.04. The summed E-state index contributed by atoms with van der Waals surface area (Å²) in [6.45, 7) is 5.21. The minimum absolute atomic E-state index is 0.0788. The summed E-state index contributed by atoms with van der Waals surface area (Å²) in [6.07, 6.45) is 1.02. The maximum atomic E-state index is 11.8. The van der Waals surface area contributed by atoms with E-state index < -0.39 is 11.8 Å². The summed E-state index contributed by atoms with van der Waals surface area (Å²) >= 11 is 0. The molecule has 0 saturated carbocycles. The van der Waals surface area contributed by atoms with Crippen LogP contribution in [0.1, 0.15) is 13.3 Å². The highest BCUT2D eigenvalue weighted by atomic mass is 16.5. The van der Waals surface area contributed by atoms with Gasteiger partial charge in [-0.2, -0.15) is 0 Å².